The van der Waals surface area contributed by atoms with E-state index in [2.05, 4.69) is 5.32 Å². The van der Waals surface area contributed by atoms with Gasteiger partial charge in [0.25, 0.3) is 0 Å². The first-order chi connectivity index (χ1) is 6.43. The molecule has 0 aromatic rings. The highest BCUT2D eigenvalue weighted by molar-refractivity contribution is 7.88. The first-order valence-corrected chi connectivity index (χ1v) is 6.51. The molecule has 2 saturated heterocycles. The van der Waals surface area contributed by atoms with Crippen molar-refractivity contribution >= 4 is 15.9 Å². The van der Waals surface area contributed by atoms with Crippen LogP contribution in [0.5, 0.6) is 0 Å². The van der Waals surface area contributed by atoms with Crippen LogP contribution in [0.4, 0.5) is 0 Å². The Bertz CT molecular complexity index is 365. The Labute approximate surface area is 83.5 Å². The topological polar surface area (TPSA) is 66.5 Å². The molecule has 0 aromatic heterocycles. The number of carbonyl (C=O) groups excluding carboxylic acids is 1. The normalized spacial score (nSPS) is 37.7. The summed E-state index contributed by atoms with van der Waals surface area (Å²) in [7, 11) is -3.40. The highest BCUT2D eigenvalue weighted by Crippen LogP contribution is 2.34. The van der Waals surface area contributed by atoms with Crippen LogP contribution in [-0.4, -0.2) is 44.0 Å². The fourth-order valence-corrected chi connectivity index (χ4v) is 3.62. The zero-order valence-electron chi connectivity index (χ0n) is 8.23. The van der Waals surface area contributed by atoms with Crippen molar-refractivity contribution in [3.63, 3.8) is 0 Å². The Hall–Kier alpha value is -0.620. The molecule has 0 saturated carbocycles. The molecule has 2 aliphatic rings. The van der Waals surface area contributed by atoms with Gasteiger partial charge in [-0.15, -0.1) is 0 Å². The second-order valence-corrected chi connectivity index (χ2v) is 5.93. The first-order valence-electron chi connectivity index (χ1n) is 4.67. The van der Waals surface area contributed by atoms with E-state index >= 15 is 0 Å². The highest BCUT2D eigenvalue weighted by Gasteiger charge is 2.51. The van der Waals surface area contributed by atoms with Crippen LogP contribution in [0.15, 0.2) is 0 Å². The third-order valence-corrected chi connectivity index (χ3v) is 4.30. The van der Waals surface area contributed by atoms with E-state index in [0.717, 1.165) is 17.1 Å². The maximum absolute atomic E-state index is 11.7. The van der Waals surface area contributed by atoms with Gasteiger partial charge < -0.3 is 5.32 Å². The second kappa shape index (κ2) is 2.93. The van der Waals surface area contributed by atoms with Crippen molar-refractivity contribution in [2.24, 2.45) is 11.8 Å². The van der Waals surface area contributed by atoms with Gasteiger partial charge in [0.1, 0.15) is 0 Å². The van der Waals surface area contributed by atoms with E-state index < -0.39 is 10.0 Å². The van der Waals surface area contributed by atoms with Crippen LogP contribution >= 0.6 is 0 Å². The highest BCUT2D eigenvalue weighted by atomic mass is 32.2. The molecule has 5 nitrogen and oxygen atoms in total. The average molecular weight is 218 g/mol. The van der Waals surface area contributed by atoms with Gasteiger partial charge in [0.15, 0.2) is 0 Å². The third kappa shape index (κ3) is 1.25. The van der Waals surface area contributed by atoms with Gasteiger partial charge in [-0.1, -0.05) is 6.92 Å². The van der Waals surface area contributed by atoms with Gasteiger partial charge in [-0.3, -0.25) is 4.79 Å². The van der Waals surface area contributed by atoms with Crippen LogP contribution in [0.1, 0.15) is 6.92 Å². The summed E-state index contributed by atoms with van der Waals surface area (Å²) in [4.78, 5) is 11.7. The van der Waals surface area contributed by atoms with Gasteiger partial charge in [0, 0.05) is 24.9 Å². The molecule has 2 rings (SSSR count). The molecule has 0 bridgehead atoms. The zero-order chi connectivity index (χ0) is 10.5. The Morgan fingerprint density at radius 3 is 2.64 bits per heavy atom. The van der Waals surface area contributed by atoms with Gasteiger partial charge in [0.05, 0.1) is 12.3 Å². The summed E-state index contributed by atoms with van der Waals surface area (Å²) in [6.45, 7) is 3.13. The van der Waals surface area contributed by atoms with Gasteiger partial charge in [-0.25, -0.2) is 12.7 Å². The van der Waals surface area contributed by atoms with Crippen LogP contribution in [-0.2, 0) is 14.8 Å². The lowest BCUT2D eigenvalue weighted by Crippen LogP contribution is -2.41. The largest absolute Gasteiger partial charge is 0.314 e. The number of rotatable bonds is 1. The molecule has 2 fully saturated rings. The quantitative estimate of drug-likeness (QED) is 0.614. The molecule has 80 valence electrons. The second-order valence-electron chi connectivity index (χ2n) is 4.08. The maximum Gasteiger partial charge on any atom is 0.239 e. The average Bonchev–Trinajstić information content (AvgIpc) is 2.55. The van der Waals surface area contributed by atoms with Crippen molar-refractivity contribution < 1.29 is 13.2 Å². The molecule has 0 radical (unpaired) electrons. The van der Waals surface area contributed by atoms with Crippen molar-refractivity contribution in [2.75, 3.05) is 19.3 Å². The van der Waals surface area contributed by atoms with Gasteiger partial charge in [-0.2, -0.15) is 0 Å². The minimum Gasteiger partial charge on any atom is -0.314 e. The van der Waals surface area contributed by atoms with Crippen LogP contribution in [0.25, 0.3) is 0 Å². The van der Waals surface area contributed by atoms with E-state index in [9.17, 15) is 13.2 Å². The van der Waals surface area contributed by atoms with E-state index in [1.807, 2.05) is 0 Å². The summed E-state index contributed by atoms with van der Waals surface area (Å²) in [6, 6.07) is -0.160. The molecule has 1 N–H and O–H groups in total. The molecule has 0 spiro atoms. The SMILES string of the molecule is C[C@H]1C(=O)N(S(C)(=O)=O)C2CNC[C@@H]21. The number of nitrogens with zero attached hydrogens (tertiary/aromatic N) is 1. The molecule has 1 unspecified atom stereocenters. The Kier molecular flexibility index (Phi) is 2.08. The fourth-order valence-electron chi connectivity index (χ4n) is 2.41. The summed E-state index contributed by atoms with van der Waals surface area (Å²) < 4.78 is 23.9. The van der Waals surface area contributed by atoms with Crippen molar-refractivity contribution in [3.8, 4) is 0 Å². The zero-order valence-corrected chi connectivity index (χ0v) is 9.04. The number of fused-ring (bicyclic) bond motifs is 1. The molecule has 14 heavy (non-hydrogen) atoms. The van der Waals surface area contributed by atoms with Gasteiger partial charge >= 0.3 is 0 Å². The van der Waals surface area contributed by atoms with E-state index in [1.54, 1.807) is 6.92 Å². The van der Waals surface area contributed by atoms with Crippen LogP contribution in [0, 0.1) is 11.8 Å². The van der Waals surface area contributed by atoms with Crippen LogP contribution in [0.3, 0.4) is 0 Å². The lowest BCUT2D eigenvalue weighted by molar-refractivity contribution is -0.127. The van der Waals surface area contributed by atoms with Gasteiger partial charge in [0.2, 0.25) is 15.9 Å². The summed E-state index contributed by atoms with van der Waals surface area (Å²) in [5.74, 6) is -0.272. The number of hydrogen-bond acceptors (Lipinski definition) is 4. The number of sulfonamides is 1. The smallest absolute Gasteiger partial charge is 0.239 e. The number of amides is 1. The first kappa shape index (κ1) is 9.92. The molecule has 2 heterocycles. The number of nitrogens with one attached hydrogen (secondary N) is 1. The van der Waals surface area contributed by atoms with Crippen LogP contribution in [0.2, 0.25) is 0 Å². The van der Waals surface area contributed by atoms with Crippen molar-refractivity contribution in [1.29, 1.82) is 0 Å². The predicted molar refractivity (Wildman–Crippen MR) is 51.0 cm³/mol. The summed E-state index contributed by atoms with van der Waals surface area (Å²) in [5, 5.41) is 3.12. The molecule has 1 amide bonds. The minimum atomic E-state index is -3.40. The standard InChI is InChI=1S/C8H14N2O3S/c1-5-6-3-9-4-7(6)10(8(5)11)14(2,12)13/h5-7,9H,3-4H2,1-2H3/t5-,6-,7?/m1/s1. The van der Waals surface area contributed by atoms with E-state index in [4.69, 9.17) is 0 Å². The third-order valence-electron chi connectivity index (χ3n) is 3.14. The Balaban J connectivity index is 2.38. The molecule has 0 aromatic carbocycles. The van der Waals surface area contributed by atoms with Crippen molar-refractivity contribution in [2.45, 2.75) is 13.0 Å². The maximum atomic E-state index is 11.7. The van der Waals surface area contributed by atoms with Crippen molar-refractivity contribution in [1.82, 2.24) is 9.62 Å². The molecule has 0 aliphatic carbocycles. The van der Waals surface area contributed by atoms with Crippen LogP contribution < -0.4 is 5.32 Å². The molecular formula is C8H14N2O3S. The van der Waals surface area contributed by atoms with E-state index in [-0.39, 0.29) is 23.8 Å². The Morgan fingerprint density at radius 2 is 2.07 bits per heavy atom. The molecule has 3 atom stereocenters. The van der Waals surface area contributed by atoms with E-state index in [0.29, 0.717) is 6.54 Å². The number of carbonyl (C=O) groups is 1. The monoisotopic (exact) mass is 218 g/mol. The van der Waals surface area contributed by atoms with Crippen molar-refractivity contribution in [3.05, 3.63) is 0 Å². The summed E-state index contributed by atoms with van der Waals surface area (Å²) in [5.41, 5.74) is 0. The summed E-state index contributed by atoms with van der Waals surface area (Å²) >= 11 is 0. The van der Waals surface area contributed by atoms with Gasteiger partial charge in [-0.05, 0) is 0 Å². The fraction of sp³-hybridized carbons (Fsp3) is 0.875. The summed E-state index contributed by atoms with van der Waals surface area (Å²) in [6.07, 6.45) is 1.10. The minimum absolute atomic E-state index is 0.150. The number of hydrogen-bond donors (Lipinski definition) is 1. The predicted octanol–water partition coefficient (Wildman–Crippen LogP) is -0.988. The molecule has 6 heteroatoms. The molecule has 2 aliphatic heterocycles. The van der Waals surface area contributed by atoms with E-state index in [1.165, 1.54) is 0 Å². The lowest BCUT2D eigenvalue weighted by atomic mass is 9.95. The molecular weight excluding hydrogens is 204 g/mol. The lowest BCUT2D eigenvalue weighted by Gasteiger charge is -2.20. The Morgan fingerprint density at radius 1 is 1.43 bits per heavy atom.